The Morgan fingerprint density at radius 1 is 1.18 bits per heavy atom. The molecule has 84 valence electrons. The van der Waals surface area contributed by atoms with Crippen LogP contribution in [0.2, 0.25) is 0 Å². The Hall–Kier alpha value is -2.49. The summed E-state index contributed by atoms with van der Waals surface area (Å²) >= 11 is 0. The van der Waals surface area contributed by atoms with Crippen LogP contribution in [-0.2, 0) is 0 Å². The van der Waals surface area contributed by atoms with E-state index < -0.39 is 4.92 Å². The molecular weight excluding hydrogens is 216 g/mol. The summed E-state index contributed by atoms with van der Waals surface area (Å²) in [6.07, 6.45) is 4.11. The van der Waals surface area contributed by atoms with Gasteiger partial charge < -0.3 is 0 Å². The molecule has 0 amide bonds. The lowest BCUT2D eigenvalue weighted by Gasteiger charge is -2.00. The molecule has 0 atom stereocenters. The number of benzene rings is 1. The van der Waals surface area contributed by atoms with E-state index in [4.69, 9.17) is 0 Å². The molecule has 4 heteroatoms. The van der Waals surface area contributed by atoms with Gasteiger partial charge in [-0.1, -0.05) is 24.3 Å². The summed E-state index contributed by atoms with van der Waals surface area (Å²) in [5, 5.41) is 10.2. The predicted octanol–water partition coefficient (Wildman–Crippen LogP) is 3.00. The van der Waals surface area contributed by atoms with Gasteiger partial charge in [0.25, 0.3) is 0 Å². The van der Waals surface area contributed by atoms with Gasteiger partial charge in [-0.05, 0) is 23.8 Å². The van der Waals surface area contributed by atoms with E-state index in [-0.39, 0.29) is 0 Å². The fourth-order valence-electron chi connectivity index (χ4n) is 1.48. The lowest BCUT2D eigenvalue weighted by molar-refractivity contribution is -0.400. The summed E-state index contributed by atoms with van der Waals surface area (Å²) in [7, 11) is 0. The van der Waals surface area contributed by atoms with Crippen LogP contribution in [0.5, 0.6) is 0 Å². The van der Waals surface area contributed by atoms with Gasteiger partial charge in [-0.25, -0.2) is 0 Å². The maximum atomic E-state index is 10.2. The van der Waals surface area contributed by atoms with Crippen LogP contribution in [0.3, 0.4) is 0 Å². The second-order valence-corrected chi connectivity index (χ2v) is 3.44. The molecule has 0 spiro atoms. The minimum atomic E-state index is -0.479. The maximum absolute atomic E-state index is 10.2. The van der Waals surface area contributed by atoms with Gasteiger partial charge in [0.15, 0.2) is 0 Å². The van der Waals surface area contributed by atoms with Crippen molar-refractivity contribution in [3.63, 3.8) is 0 Å². The number of hydrogen-bond donors (Lipinski definition) is 0. The molecule has 0 bridgehead atoms. The third-order valence-electron chi connectivity index (χ3n) is 2.24. The normalized spacial score (nSPS) is 10.6. The molecule has 0 unspecified atom stereocenters. The summed E-state index contributed by atoms with van der Waals surface area (Å²) in [4.78, 5) is 14.0. The minimum absolute atomic E-state index is 0.479. The van der Waals surface area contributed by atoms with E-state index in [0.29, 0.717) is 0 Å². The SMILES string of the molecule is O=[N+]([O-])C=Cc1cccc(-c2ccccn2)c1. The topological polar surface area (TPSA) is 56.0 Å². The lowest BCUT2D eigenvalue weighted by atomic mass is 10.1. The molecule has 0 aliphatic carbocycles. The van der Waals surface area contributed by atoms with E-state index in [0.717, 1.165) is 23.0 Å². The van der Waals surface area contributed by atoms with E-state index in [1.807, 2.05) is 42.5 Å². The van der Waals surface area contributed by atoms with Gasteiger partial charge in [-0.2, -0.15) is 0 Å². The van der Waals surface area contributed by atoms with Gasteiger partial charge in [-0.3, -0.25) is 15.1 Å². The van der Waals surface area contributed by atoms with Gasteiger partial charge in [-0.15, -0.1) is 0 Å². The van der Waals surface area contributed by atoms with Crippen molar-refractivity contribution in [2.45, 2.75) is 0 Å². The van der Waals surface area contributed by atoms with Crippen LogP contribution in [-0.4, -0.2) is 9.91 Å². The summed E-state index contributed by atoms with van der Waals surface area (Å²) in [6, 6.07) is 13.1. The van der Waals surface area contributed by atoms with Gasteiger partial charge in [0, 0.05) is 17.8 Å². The summed E-state index contributed by atoms with van der Waals surface area (Å²) in [5.74, 6) is 0. The highest BCUT2D eigenvalue weighted by Gasteiger charge is 1.98. The third kappa shape index (κ3) is 2.98. The van der Waals surface area contributed by atoms with Gasteiger partial charge in [0.2, 0.25) is 6.20 Å². The second-order valence-electron chi connectivity index (χ2n) is 3.44. The minimum Gasteiger partial charge on any atom is -0.259 e. The standard InChI is InChI=1S/C13H10N2O2/c16-15(17)9-7-11-4-3-5-12(10-11)13-6-1-2-8-14-13/h1-10H. The molecule has 0 aliphatic heterocycles. The molecule has 2 rings (SSSR count). The molecule has 4 nitrogen and oxygen atoms in total. The Bertz CT molecular complexity index is 550. The van der Waals surface area contributed by atoms with E-state index in [1.165, 1.54) is 6.08 Å². The molecule has 1 aromatic carbocycles. The lowest BCUT2D eigenvalue weighted by Crippen LogP contribution is -1.84. The number of hydrogen-bond acceptors (Lipinski definition) is 3. The van der Waals surface area contributed by atoms with Crippen LogP contribution >= 0.6 is 0 Å². The summed E-state index contributed by atoms with van der Waals surface area (Å²) in [5.41, 5.74) is 2.57. The maximum Gasteiger partial charge on any atom is 0.235 e. The molecule has 0 radical (unpaired) electrons. The average Bonchev–Trinajstić information content (AvgIpc) is 2.38. The van der Waals surface area contributed by atoms with E-state index in [2.05, 4.69) is 4.98 Å². The fourth-order valence-corrected chi connectivity index (χ4v) is 1.48. The first-order valence-electron chi connectivity index (χ1n) is 5.09. The van der Waals surface area contributed by atoms with Crippen molar-refractivity contribution in [2.24, 2.45) is 0 Å². The Morgan fingerprint density at radius 3 is 2.76 bits per heavy atom. The quantitative estimate of drug-likeness (QED) is 0.597. The molecule has 0 aliphatic rings. The molecule has 1 heterocycles. The van der Waals surface area contributed by atoms with Crippen LogP contribution in [0.4, 0.5) is 0 Å². The largest absolute Gasteiger partial charge is 0.259 e. The molecule has 0 N–H and O–H groups in total. The second kappa shape index (κ2) is 5.03. The first-order valence-corrected chi connectivity index (χ1v) is 5.09. The van der Waals surface area contributed by atoms with E-state index >= 15 is 0 Å². The third-order valence-corrected chi connectivity index (χ3v) is 2.24. The summed E-state index contributed by atoms with van der Waals surface area (Å²) in [6.45, 7) is 0. The number of nitro groups is 1. The van der Waals surface area contributed by atoms with Crippen LogP contribution < -0.4 is 0 Å². The van der Waals surface area contributed by atoms with Crippen LogP contribution in [0, 0.1) is 10.1 Å². The van der Waals surface area contributed by atoms with Crippen molar-refractivity contribution in [3.8, 4) is 11.3 Å². The van der Waals surface area contributed by atoms with Gasteiger partial charge in [0.1, 0.15) is 0 Å². The van der Waals surface area contributed by atoms with Crippen molar-refractivity contribution in [1.29, 1.82) is 0 Å². The van der Waals surface area contributed by atoms with Crippen molar-refractivity contribution in [2.75, 3.05) is 0 Å². The molecule has 1 aromatic heterocycles. The Labute approximate surface area is 98.4 Å². The summed E-state index contributed by atoms with van der Waals surface area (Å²) < 4.78 is 0. The Kier molecular flexibility index (Phi) is 3.25. The van der Waals surface area contributed by atoms with Crippen molar-refractivity contribution >= 4 is 6.08 Å². The molecule has 0 fully saturated rings. The molecule has 2 aromatic rings. The highest BCUT2D eigenvalue weighted by molar-refractivity contribution is 5.63. The first-order chi connectivity index (χ1) is 8.25. The van der Waals surface area contributed by atoms with Crippen LogP contribution in [0.15, 0.2) is 54.9 Å². The zero-order chi connectivity index (χ0) is 12.1. The number of nitrogens with zero attached hydrogens (tertiary/aromatic N) is 2. The Balaban J connectivity index is 2.32. The number of rotatable bonds is 3. The smallest absolute Gasteiger partial charge is 0.235 e. The molecule has 0 saturated carbocycles. The highest BCUT2D eigenvalue weighted by atomic mass is 16.6. The van der Waals surface area contributed by atoms with Crippen molar-refractivity contribution in [1.82, 2.24) is 4.98 Å². The van der Waals surface area contributed by atoms with E-state index in [9.17, 15) is 10.1 Å². The zero-order valence-electron chi connectivity index (χ0n) is 8.98. The molecule has 0 saturated heterocycles. The fraction of sp³-hybridized carbons (Fsp3) is 0. The van der Waals surface area contributed by atoms with Gasteiger partial charge >= 0.3 is 0 Å². The number of pyridine rings is 1. The average molecular weight is 226 g/mol. The van der Waals surface area contributed by atoms with Crippen LogP contribution in [0.1, 0.15) is 5.56 Å². The van der Waals surface area contributed by atoms with E-state index in [1.54, 1.807) is 6.20 Å². The first kappa shape index (κ1) is 11.0. The molecular formula is C13H10N2O2. The van der Waals surface area contributed by atoms with Crippen molar-refractivity contribution in [3.05, 3.63) is 70.5 Å². The molecule has 17 heavy (non-hydrogen) atoms. The zero-order valence-corrected chi connectivity index (χ0v) is 8.98. The monoisotopic (exact) mass is 226 g/mol. The predicted molar refractivity (Wildman–Crippen MR) is 65.7 cm³/mol. The van der Waals surface area contributed by atoms with Gasteiger partial charge in [0.05, 0.1) is 10.6 Å². The Morgan fingerprint density at radius 2 is 2.06 bits per heavy atom. The van der Waals surface area contributed by atoms with Crippen LogP contribution in [0.25, 0.3) is 17.3 Å². The number of aromatic nitrogens is 1. The highest BCUT2D eigenvalue weighted by Crippen LogP contribution is 2.18. The van der Waals surface area contributed by atoms with Crippen molar-refractivity contribution < 1.29 is 4.92 Å².